The van der Waals surface area contributed by atoms with Crippen LogP contribution in [0.1, 0.15) is 32.1 Å². The summed E-state index contributed by atoms with van der Waals surface area (Å²) in [6.07, 6.45) is 6.59. The molecule has 1 saturated heterocycles. The average Bonchev–Trinajstić information content (AvgIpc) is 1.83. The van der Waals surface area contributed by atoms with Crippen molar-refractivity contribution in [3.05, 3.63) is 0 Å². The Balaban J connectivity index is 1.82. The van der Waals surface area contributed by atoms with Crippen molar-refractivity contribution in [3.63, 3.8) is 0 Å². The first-order chi connectivity index (χ1) is 5.36. The molecular formula is C9H17N2. The van der Waals surface area contributed by atoms with Crippen LogP contribution in [0.4, 0.5) is 0 Å². The molecule has 2 heteroatoms. The second-order valence-corrected chi connectivity index (χ2v) is 3.92. The van der Waals surface area contributed by atoms with Crippen molar-refractivity contribution in [1.82, 2.24) is 10.6 Å². The fourth-order valence-corrected chi connectivity index (χ4v) is 2.09. The number of likely N-dealkylation sites (tertiary alicyclic amines) is 1. The highest BCUT2D eigenvalue weighted by molar-refractivity contribution is 4.85. The molecular weight excluding hydrogens is 136 g/mol. The monoisotopic (exact) mass is 153 g/mol. The van der Waals surface area contributed by atoms with Gasteiger partial charge in [0.15, 0.2) is 0 Å². The normalized spacial score (nSPS) is 35.2. The number of hydrogen-bond acceptors (Lipinski definition) is 1. The number of piperidine rings is 1. The van der Waals surface area contributed by atoms with Crippen molar-refractivity contribution < 1.29 is 0 Å². The van der Waals surface area contributed by atoms with Crippen molar-refractivity contribution in [1.29, 1.82) is 0 Å². The van der Waals surface area contributed by atoms with E-state index < -0.39 is 0 Å². The summed E-state index contributed by atoms with van der Waals surface area (Å²) in [4.78, 5) is 2.53. The molecule has 1 saturated carbocycles. The van der Waals surface area contributed by atoms with Gasteiger partial charge in [0.25, 0.3) is 0 Å². The fraction of sp³-hybridized carbons (Fsp3) is 1.00. The first-order valence-corrected chi connectivity index (χ1v) is 4.81. The molecule has 0 bridgehead atoms. The third kappa shape index (κ3) is 1.57. The lowest BCUT2D eigenvalue weighted by Crippen LogP contribution is -2.47. The quantitative estimate of drug-likeness (QED) is 0.557. The molecule has 2 aliphatic rings. The van der Waals surface area contributed by atoms with E-state index >= 15 is 0 Å². The lowest BCUT2D eigenvalue weighted by Gasteiger charge is -2.41. The maximum absolute atomic E-state index is 7.65. The molecule has 0 spiro atoms. The molecule has 2 fully saturated rings. The van der Waals surface area contributed by atoms with Crippen LogP contribution < -0.4 is 5.73 Å². The van der Waals surface area contributed by atoms with E-state index in [1.165, 1.54) is 32.2 Å². The maximum Gasteiger partial charge on any atom is 0.0340 e. The van der Waals surface area contributed by atoms with Crippen molar-refractivity contribution in [2.24, 2.45) is 0 Å². The van der Waals surface area contributed by atoms with E-state index in [4.69, 9.17) is 5.73 Å². The zero-order valence-corrected chi connectivity index (χ0v) is 7.05. The molecule has 1 radical (unpaired) electrons. The zero-order chi connectivity index (χ0) is 7.68. The van der Waals surface area contributed by atoms with Gasteiger partial charge in [-0.1, -0.05) is 6.42 Å². The van der Waals surface area contributed by atoms with Crippen LogP contribution in [0.25, 0.3) is 0 Å². The van der Waals surface area contributed by atoms with E-state index in [9.17, 15) is 0 Å². The molecule has 63 valence electrons. The van der Waals surface area contributed by atoms with Crippen molar-refractivity contribution >= 4 is 0 Å². The molecule has 2 nitrogen and oxygen atoms in total. The van der Waals surface area contributed by atoms with E-state index in [0.717, 1.165) is 19.0 Å². The Morgan fingerprint density at radius 1 is 1.09 bits per heavy atom. The van der Waals surface area contributed by atoms with Gasteiger partial charge in [0.1, 0.15) is 0 Å². The minimum atomic E-state index is 0.212. The van der Waals surface area contributed by atoms with Crippen molar-refractivity contribution in [2.45, 2.75) is 44.2 Å². The Kier molecular flexibility index (Phi) is 2.14. The second-order valence-electron chi connectivity index (χ2n) is 3.92. The van der Waals surface area contributed by atoms with E-state index in [2.05, 4.69) is 4.90 Å². The summed E-state index contributed by atoms with van der Waals surface area (Å²) >= 11 is 0. The first-order valence-electron chi connectivity index (χ1n) is 4.81. The third-order valence-electron chi connectivity index (χ3n) is 3.04. The molecule has 1 atom stereocenters. The van der Waals surface area contributed by atoms with Crippen LogP contribution in [0.15, 0.2) is 0 Å². The SMILES string of the molecule is [NH][C@@H]1CCCN(C2CCC2)C1. The smallest absolute Gasteiger partial charge is 0.0340 e. The molecule has 0 aromatic rings. The van der Waals surface area contributed by atoms with Gasteiger partial charge in [-0.25, -0.2) is 0 Å². The lowest BCUT2D eigenvalue weighted by atomic mass is 9.89. The molecule has 11 heavy (non-hydrogen) atoms. The third-order valence-corrected chi connectivity index (χ3v) is 3.04. The Morgan fingerprint density at radius 2 is 1.91 bits per heavy atom. The van der Waals surface area contributed by atoms with Gasteiger partial charge in [-0.3, -0.25) is 10.6 Å². The minimum Gasteiger partial charge on any atom is -0.299 e. The van der Waals surface area contributed by atoms with E-state index in [1.807, 2.05) is 0 Å². The molecule has 0 unspecified atom stereocenters. The maximum atomic E-state index is 7.65. The van der Waals surface area contributed by atoms with Crippen LogP contribution in [0.2, 0.25) is 0 Å². The molecule has 1 heterocycles. The Bertz CT molecular complexity index is 132. The van der Waals surface area contributed by atoms with Crippen LogP contribution in [0, 0.1) is 0 Å². The average molecular weight is 153 g/mol. The van der Waals surface area contributed by atoms with Crippen LogP contribution in [0.3, 0.4) is 0 Å². The number of hydrogen-bond donors (Lipinski definition) is 0. The number of nitrogens with one attached hydrogen (secondary N) is 1. The fourth-order valence-electron chi connectivity index (χ4n) is 2.09. The van der Waals surface area contributed by atoms with Crippen LogP contribution in [-0.2, 0) is 0 Å². The van der Waals surface area contributed by atoms with E-state index in [1.54, 1.807) is 0 Å². The van der Waals surface area contributed by atoms with Gasteiger partial charge in [-0.05, 0) is 32.2 Å². The summed E-state index contributed by atoms with van der Waals surface area (Å²) in [6.45, 7) is 2.31. The molecule has 2 rings (SSSR count). The lowest BCUT2D eigenvalue weighted by molar-refractivity contribution is 0.0942. The summed E-state index contributed by atoms with van der Waals surface area (Å²) in [5.74, 6) is 0. The van der Waals surface area contributed by atoms with Gasteiger partial charge >= 0.3 is 0 Å². The van der Waals surface area contributed by atoms with Gasteiger partial charge < -0.3 is 0 Å². The summed E-state index contributed by atoms with van der Waals surface area (Å²) < 4.78 is 0. The molecule has 1 N–H and O–H groups in total. The first kappa shape index (κ1) is 7.56. The number of nitrogens with zero attached hydrogens (tertiary/aromatic N) is 1. The highest BCUT2D eigenvalue weighted by Crippen LogP contribution is 2.26. The summed E-state index contributed by atoms with van der Waals surface area (Å²) in [6, 6.07) is 1.08. The van der Waals surface area contributed by atoms with Crippen LogP contribution in [-0.4, -0.2) is 30.1 Å². The molecule has 1 aliphatic carbocycles. The summed E-state index contributed by atoms with van der Waals surface area (Å²) in [5.41, 5.74) is 7.65. The second kappa shape index (κ2) is 3.11. The Labute approximate surface area is 68.7 Å². The summed E-state index contributed by atoms with van der Waals surface area (Å²) in [7, 11) is 0. The molecule has 0 amide bonds. The van der Waals surface area contributed by atoms with E-state index in [0.29, 0.717) is 0 Å². The van der Waals surface area contributed by atoms with E-state index in [-0.39, 0.29) is 6.04 Å². The largest absolute Gasteiger partial charge is 0.299 e. The topological polar surface area (TPSA) is 27.0 Å². The van der Waals surface area contributed by atoms with Crippen molar-refractivity contribution in [2.75, 3.05) is 13.1 Å². The van der Waals surface area contributed by atoms with Gasteiger partial charge in [0, 0.05) is 18.6 Å². The molecule has 1 aliphatic heterocycles. The molecule has 0 aromatic heterocycles. The number of rotatable bonds is 1. The zero-order valence-electron chi connectivity index (χ0n) is 7.05. The van der Waals surface area contributed by atoms with Gasteiger partial charge in [0.05, 0.1) is 0 Å². The minimum absolute atomic E-state index is 0.212. The Morgan fingerprint density at radius 3 is 2.45 bits per heavy atom. The standard InChI is InChI=1S/C9H17N2/c10-8-3-2-6-11(7-8)9-4-1-5-9/h8-10H,1-7H2/t8-/m1/s1. The highest BCUT2D eigenvalue weighted by atomic mass is 15.2. The Hall–Kier alpha value is -0.0800. The van der Waals surface area contributed by atoms with Crippen LogP contribution in [0.5, 0.6) is 0 Å². The van der Waals surface area contributed by atoms with Crippen LogP contribution >= 0.6 is 0 Å². The van der Waals surface area contributed by atoms with Crippen molar-refractivity contribution in [3.8, 4) is 0 Å². The highest BCUT2D eigenvalue weighted by Gasteiger charge is 2.28. The van der Waals surface area contributed by atoms with Gasteiger partial charge in [-0.2, -0.15) is 0 Å². The predicted octanol–water partition coefficient (Wildman–Crippen LogP) is 1.29. The van der Waals surface area contributed by atoms with Gasteiger partial charge in [0.2, 0.25) is 0 Å². The predicted molar refractivity (Wildman–Crippen MR) is 45.3 cm³/mol. The van der Waals surface area contributed by atoms with Gasteiger partial charge in [-0.15, -0.1) is 0 Å². The summed E-state index contributed by atoms with van der Waals surface area (Å²) in [5, 5.41) is 0. The molecule has 0 aromatic carbocycles.